The molecule has 0 aliphatic rings. The van der Waals surface area contributed by atoms with Crippen molar-refractivity contribution >= 4 is 17.6 Å². The summed E-state index contributed by atoms with van der Waals surface area (Å²) >= 11 is 0. The third-order valence-corrected chi connectivity index (χ3v) is 3.64. The Morgan fingerprint density at radius 3 is 2.54 bits per heavy atom. The zero-order valence-electron chi connectivity index (χ0n) is 14.5. The molecule has 1 aromatic heterocycles. The van der Waals surface area contributed by atoms with E-state index in [0.29, 0.717) is 28.4 Å². The first-order valence-corrected chi connectivity index (χ1v) is 8.19. The van der Waals surface area contributed by atoms with Crippen molar-refractivity contribution in [1.29, 1.82) is 5.26 Å². The van der Waals surface area contributed by atoms with Crippen LogP contribution in [0, 0.1) is 17.1 Å². The fourth-order valence-electron chi connectivity index (χ4n) is 2.29. The van der Waals surface area contributed by atoms with Crippen LogP contribution in [0.5, 0.6) is 0 Å². The highest BCUT2D eigenvalue weighted by Crippen LogP contribution is 2.19. The maximum atomic E-state index is 13.0. The Hall–Kier alpha value is -3.99. The van der Waals surface area contributed by atoms with Gasteiger partial charge in [-0.05, 0) is 48.5 Å². The van der Waals surface area contributed by atoms with Crippen LogP contribution in [0.4, 0.5) is 10.1 Å². The Morgan fingerprint density at radius 2 is 1.86 bits per heavy atom. The van der Waals surface area contributed by atoms with Gasteiger partial charge in [-0.3, -0.25) is 4.79 Å². The molecule has 0 fully saturated rings. The van der Waals surface area contributed by atoms with Gasteiger partial charge in [0.05, 0.1) is 11.6 Å². The van der Waals surface area contributed by atoms with Crippen molar-refractivity contribution in [2.24, 2.45) is 0 Å². The summed E-state index contributed by atoms with van der Waals surface area (Å²) in [5.74, 6) is -1.06. The number of rotatable bonds is 6. The normalized spacial score (nSPS) is 10.1. The second kappa shape index (κ2) is 8.60. The lowest BCUT2D eigenvalue weighted by atomic mass is 10.2. The van der Waals surface area contributed by atoms with E-state index in [-0.39, 0.29) is 18.8 Å². The number of aromatic nitrogens is 1. The first-order valence-electron chi connectivity index (χ1n) is 8.19. The molecule has 3 aromatic rings. The van der Waals surface area contributed by atoms with Crippen LogP contribution >= 0.6 is 0 Å². The number of carbonyl (C=O) groups is 2. The Labute approximate surface area is 159 Å². The molecule has 0 bridgehead atoms. The SMILES string of the molecule is N#CCC(=O)Nc1ccc(C(=O)OCc2coc(-c3ccc(F)cc3)n2)cc1. The molecule has 0 saturated heterocycles. The van der Waals surface area contributed by atoms with Gasteiger partial charge < -0.3 is 14.5 Å². The number of ether oxygens (including phenoxy) is 1. The number of nitrogens with zero attached hydrogens (tertiary/aromatic N) is 2. The van der Waals surface area contributed by atoms with Crippen LogP contribution in [0.2, 0.25) is 0 Å². The molecule has 1 amide bonds. The maximum Gasteiger partial charge on any atom is 0.338 e. The van der Waals surface area contributed by atoms with E-state index in [9.17, 15) is 14.0 Å². The first kappa shape index (κ1) is 18.8. The van der Waals surface area contributed by atoms with Crippen molar-refractivity contribution in [3.63, 3.8) is 0 Å². The number of hydrogen-bond donors (Lipinski definition) is 1. The molecule has 3 rings (SSSR count). The summed E-state index contributed by atoms with van der Waals surface area (Å²) in [6.07, 6.45) is 1.11. The van der Waals surface area contributed by atoms with Crippen molar-refractivity contribution in [3.05, 3.63) is 71.9 Å². The van der Waals surface area contributed by atoms with E-state index in [1.165, 1.54) is 54.8 Å². The molecule has 28 heavy (non-hydrogen) atoms. The second-order valence-corrected chi connectivity index (χ2v) is 5.69. The average Bonchev–Trinajstić information content (AvgIpc) is 3.16. The molecule has 8 heteroatoms. The number of nitriles is 1. The van der Waals surface area contributed by atoms with Crippen molar-refractivity contribution in [1.82, 2.24) is 4.98 Å². The van der Waals surface area contributed by atoms with Gasteiger partial charge in [-0.1, -0.05) is 0 Å². The van der Waals surface area contributed by atoms with Gasteiger partial charge in [0, 0.05) is 11.3 Å². The number of esters is 1. The van der Waals surface area contributed by atoms with Crippen LogP contribution < -0.4 is 5.32 Å². The summed E-state index contributed by atoms with van der Waals surface area (Å²) in [5, 5.41) is 11.0. The van der Waals surface area contributed by atoms with E-state index >= 15 is 0 Å². The molecule has 0 saturated carbocycles. The zero-order chi connectivity index (χ0) is 19.9. The molecule has 2 aromatic carbocycles. The highest BCUT2D eigenvalue weighted by molar-refractivity contribution is 5.93. The number of hydrogen-bond acceptors (Lipinski definition) is 6. The fraction of sp³-hybridized carbons (Fsp3) is 0.100. The summed E-state index contributed by atoms with van der Waals surface area (Å²) in [5.41, 5.74) is 1.78. The van der Waals surface area contributed by atoms with Crippen LogP contribution in [0.1, 0.15) is 22.5 Å². The standard InChI is InChI=1S/C20H14FN3O4/c21-15-5-1-13(2-6-15)19-24-17(11-27-19)12-28-20(26)14-3-7-16(8-4-14)23-18(25)9-10-22/h1-8,11H,9,12H2,(H,23,25). The molecule has 7 nitrogen and oxygen atoms in total. The Bertz CT molecular complexity index is 1020. The number of oxazole rings is 1. The smallest absolute Gasteiger partial charge is 0.338 e. The summed E-state index contributed by atoms with van der Waals surface area (Å²) in [6, 6.07) is 13.5. The molecule has 0 aliphatic heterocycles. The summed E-state index contributed by atoms with van der Waals surface area (Å²) in [4.78, 5) is 27.7. The summed E-state index contributed by atoms with van der Waals surface area (Å²) in [6.45, 7) is -0.0931. The van der Waals surface area contributed by atoms with Crippen molar-refractivity contribution < 1.29 is 23.1 Å². The lowest BCUT2D eigenvalue weighted by Gasteiger charge is -2.05. The monoisotopic (exact) mass is 379 g/mol. The van der Waals surface area contributed by atoms with Gasteiger partial charge in [0.2, 0.25) is 11.8 Å². The van der Waals surface area contributed by atoms with Crippen molar-refractivity contribution in [3.8, 4) is 17.5 Å². The van der Waals surface area contributed by atoms with E-state index in [2.05, 4.69) is 10.3 Å². The van der Waals surface area contributed by atoms with Crippen molar-refractivity contribution in [2.75, 3.05) is 5.32 Å². The number of carbonyl (C=O) groups excluding carboxylic acids is 2. The molecular weight excluding hydrogens is 365 g/mol. The minimum absolute atomic E-state index is 0.0931. The Morgan fingerprint density at radius 1 is 1.14 bits per heavy atom. The predicted molar refractivity (Wildman–Crippen MR) is 96.3 cm³/mol. The number of benzene rings is 2. The first-order chi connectivity index (χ1) is 13.5. The van der Waals surface area contributed by atoms with E-state index in [0.717, 1.165) is 0 Å². The van der Waals surface area contributed by atoms with Gasteiger partial charge in [0.1, 0.15) is 30.8 Å². The summed E-state index contributed by atoms with van der Waals surface area (Å²) in [7, 11) is 0. The molecule has 0 radical (unpaired) electrons. The molecule has 1 heterocycles. The Balaban J connectivity index is 1.56. The molecule has 0 unspecified atom stereocenters. The minimum Gasteiger partial charge on any atom is -0.455 e. The van der Waals surface area contributed by atoms with Crippen molar-refractivity contribution in [2.45, 2.75) is 13.0 Å². The van der Waals surface area contributed by atoms with Crippen LogP contribution in [0.3, 0.4) is 0 Å². The van der Waals surface area contributed by atoms with E-state index in [4.69, 9.17) is 14.4 Å². The maximum absolute atomic E-state index is 13.0. The third kappa shape index (κ3) is 4.80. The molecule has 0 aliphatic carbocycles. The lowest BCUT2D eigenvalue weighted by Crippen LogP contribution is -2.10. The number of nitrogens with one attached hydrogen (secondary N) is 1. The largest absolute Gasteiger partial charge is 0.455 e. The topological polar surface area (TPSA) is 105 Å². The molecule has 140 valence electrons. The number of halogens is 1. The average molecular weight is 379 g/mol. The summed E-state index contributed by atoms with van der Waals surface area (Å²) < 4.78 is 23.5. The molecular formula is C20H14FN3O4. The van der Waals surface area contributed by atoms with E-state index in [1.54, 1.807) is 6.07 Å². The van der Waals surface area contributed by atoms with Crippen LogP contribution in [-0.2, 0) is 16.1 Å². The second-order valence-electron chi connectivity index (χ2n) is 5.69. The molecule has 0 atom stereocenters. The number of anilines is 1. The van der Waals surface area contributed by atoms with Crippen LogP contribution in [0.25, 0.3) is 11.5 Å². The van der Waals surface area contributed by atoms with Gasteiger partial charge in [0.15, 0.2) is 0 Å². The van der Waals surface area contributed by atoms with E-state index < -0.39 is 11.9 Å². The lowest BCUT2D eigenvalue weighted by molar-refractivity contribution is -0.115. The van der Waals surface area contributed by atoms with E-state index in [1.807, 2.05) is 0 Å². The molecule has 1 N–H and O–H groups in total. The predicted octanol–water partition coefficient (Wildman–Crippen LogP) is 3.69. The Kier molecular flexibility index (Phi) is 5.77. The fourth-order valence-corrected chi connectivity index (χ4v) is 2.29. The highest BCUT2D eigenvalue weighted by Gasteiger charge is 2.11. The van der Waals surface area contributed by atoms with Gasteiger partial charge in [-0.25, -0.2) is 14.2 Å². The highest BCUT2D eigenvalue weighted by atomic mass is 19.1. The van der Waals surface area contributed by atoms with Crippen LogP contribution in [0.15, 0.2) is 59.2 Å². The van der Waals surface area contributed by atoms with Gasteiger partial charge in [0.25, 0.3) is 0 Å². The molecule has 0 spiro atoms. The minimum atomic E-state index is -0.568. The zero-order valence-corrected chi connectivity index (χ0v) is 14.5. The van der Waals surface area contributed by atoms with Gasteiger partial charge in [-0.15, -0.1) is 0 Å². The number of amides is 1. The van der Waals surface area contributed by atoms with Crippen LogP contribution in [-0.4, -0.2) is 16.9 Å². The quantitative estimate of drug-likeness (QED) is 0.655. The third-order valence-electron chi connectivity index (χ3n) is 3.64. The van der Waals surface area contributed by atoms with Gasteiger partial charge >= 0.3 is 5.97 Å². The van der Waals surface area contributed by atoms with Gasteiger partial charge in [-0.2, -0.15) is 5.26 Å².